The molecular weight excluding hydrogens is 280 g/mol. The lowest BCUT2D eigenvalue weighted by Crippen LogP contribution is -2.39. The van der Waals surface area contributed by atoms with E-state index >= 15 is 0 Å². The molecule has 0 aliphatic carbocycles. The number of rotatable bonds is 1. The van der Waals surface area contributed by atoms with Gasteiger partial charge >= 0.3 is 0 Å². The van der Waals surface area contributed by atoms with Crippen molar-refractivity contribution in [3.63, 3.8) is 0 Å². The Morgan fingerprint density at radius 2 is 1.84 bits per heavy atom. The molecule has 0 unspecified atom stereocenters. The highest BCUT2D eigenvalue weighted by Gasteiger charge is 2.14. The lowest BCUT2D eigenvalue weighted by atomic mass is 10.2. The molecule has 0 saturated carbocycles. The van der Waals surface area contributed by atoms with Gasteiger partial charge in [-0.05, 0) is 12.1 Å². The molecule has 0 aliphatic rings. The van der Waals surface area contributed by atoms with Crippen LogP contribution in [0.25, 0.3) is 19.5 Å². The summed E-state index contributed by atoms with van der Waals surface area (Å²) in [6.45, 7) is 1.35. The minimum absolute atomic E-state index is 0.285. The Balaban J connectivity index is 1.98. The first-order valence-electron chi connectivity index (χ1n) is 5.63. The fourth-order valence-electron chi connectivity index (χ4n) is 1.82. The average Bonchev–Trinajstić information content (AvgIpc) is 2.93. The van der Waals surface area contributed by atoms with Gasteiger partial charge < -0.3 is 0 Å². The molecule has 1 aromatic carbocycles. The molecule has 2 heterocycles. The summed E-state index contributed by atoms with van der Waals surface area (Å²) in [4.78, 5) is 23.2. The Bertz CT molecular complexity index is 788. The second kappa shape index (κ2) is 4.64. The van der Waals surface area contributed by atoms with Gasteiger partial charge in [-0.1, -0.05) is 18.2 Å². The summed E-state index contributed by atoms with van der Waals surface area (Å²) in [5, 5.41) is 1.17. The van der Waals surface area contributed by atoms with Crippen molar-refractivity contribution in [1.29, 1.82) is 0 Å². The minimum atomic E-state index is -0.294. The molecule has 6 heteroatoms. The first-order chi connectivity index (χ1) is 9.15. The molecule has 2 aromatic heterocycles. The highest BCUT2D eigenvalue weighted by molar-refractivity contribution is 7.33. The zero-order valence-corrected chi connectivity index (χ0v) is 11.7. The molecule has 4 nitrogen and oxygen atoms in total. The smallest absolute Gasteiger partial charge is 0.274 e. The van der Waals surface area contributed by atoms with E-state index in [1.807, 2.05) is 18.2 Å². The number of hydrogen-bond donors (Lipinski definition) is 2. The van der Waals surface area contributed by atoms with Crippen LogP contribution in [0.15, 0.2) is 30.3 Å². The number of carbonyl (C=O) groups excluding carboxylic acids is 2. The van der Waals surface area contributed by atoms with Crippen LogP contribution in [-0.2, 0) is 4.79 Å². The minimum Gasteiger partial charge on any atom is -0.274 e. The van der Waals surface area contributed by atoms with Gasteiger partial charge in [0.05, 0.1) is 9.58 Å². The van der Waals surface area contributed by atoms with E-state index in [9.17, 15) is 9.59 Å². The van der Waals surface area contributed by atoms with Gasteiger partial charge in [0.25, 0.3) is 5.91 Å². The van der Waals surface area contributed by atoms with Gasteiger partial charge in [-0.25, -0.2) is 0 Å². The van der Waals surface area contributed by atoms with E-state index in [1.54, 1.807) is 11.3 Å². The van der Waals surface area contributed by atoms with Crippen molar-refractivity contribution in [2.75, 3.05) is 0 Å². The Labute approximate surface area is 117 Å². The molecule has 0 bridgehead atoms. The van der Waals surface area contributed by atoms with Crippen molar-refractivity contribution >= 4 is 54.0 Å². The summed E-state index contributed by atoms with van der Waals surface area (Å²) in [5.41, 5.74) is 4.66. The van der Waals surface area contributed by atoms with Crippen molar-refractivity contribution < 1.29 is 9.59 Å². The second-order valence-electron chi connectivity index (χ2n) is 4.04. The maximum Gasteiger partial charge on any atom is 0.279 e. The average molecular weight is 290 g/mol. The lowest BCUT2D eigenvalue weighted by Gasteiger charge is -2.01. The number of nitrogens with one attached hydrogen (secondary N) is 2. The van der Waals surface area contributed by atoms with Gasteiger partial charge in [-0.15, -0.1) is 22.7 Å². The molecule has 2 amide bonds. The highest BCUT2D eigenvalue weighted by atomic mass is 32.1. The number of amides is 2. The Kier molecular flexibility index (Phi) is 2.96. The monoisotopic (exact) mass is 290 g/mol. The number of thiophene rings is 2. The highest BCUT2D eigenvalue weighted by Crippen LogP contribution is 2.39. The van der Waals surface area contributed by atoms with Crippen molar-refractivity contribution in [2.45, 2.75) is 6.92 Å². The van der Waals surface area contributed by atoms with Crippen LogP contribution in [0.5, 0.6) is 0 Å². The van der Waals surface area contributed by atoms with Crippen molar-refractivity contribution in [2.24, 2.45) is 0 Å². The Morgan fingerprint density at radius 3 is 2.63 bits per heavy atom. The largest absolute Gasteiger partial charge is 0.279 e. The first-order valence-corrected chi connectivity index (χ1v) is 7.26. The molecule has 96 valence electrons. The zero-order chi connectivity index (χ0) is 13.4. The molecule has 0 atom stereocenters. The summed E-state index contributed by atoms with van der Waals surface area (Å²) in [5.74, 6) is -0.579. The van der Waals surface area contributed by atoms with Crippen LogP contribution in [0.4, 0.5) is 0 Å². The third-order valence-electron chi connectivity index (χ3n) is 2.63. The van der Waals surface area contributed by atoms with E-state index in [0.717, 1.165) is 9.40 Å². The molecule has 0 fully saturated rings. The summed E-state index contributed by atoms with van der Waals surface area (Å²) < 4.78 is 3.44. The van der Waals surface area contributed by atoms with Gasteiger partial charge in [0.15, 0.2) is 0 Å². The van der Waals surface area contributed by atoms with Crippen LogP contribution in [0.2, 0.25) is 0 Å². The zero-order valence-electron chi connectivity index (χ0n) is 10.0. The molecule has 0 spiro atoms. The molecular formula is C13H10N2O2S2. The standard InChI is InChI=1S/C13H10N2O2S2/c1-7(16)14-15-13(17)11-6-10-12(19-11)8-4-2-3-5-9(8)18-10/h2-6H,1H3,(H,14,16)(H,15,17). The van der Waals surface area contributed by atoms with Crippen LogP contribution in [-0.4, -0.2) is 11.8 Å². The van der Waals surface area contributed by atoms with Crippen molar-refractivity contribution in [1.82, 2.24) is 10.9 Å². The van der Waals surface area contributed by atoms with Crippen molar-refractivity contribution in [3.8, 4) is 0 Å². The van der Waals surface area contributed by atoms with Gasteiger partial charge in [0, 0.05) is 21.7 Å². The summed E-state index contributed by atoms with van der Waals surface area (Å²) in [7, 11) is 0. The second-order valence-corrected chi connectivity index (χ2v) is 6.17. The Morgan fingerprint density at radius 1 is 1.05 bits per heavy atom. The normalized spacial score (nSPS) is 10.8. The third-order valence-corrected chi connectivity index (χ3v) is 5.04. The van der Waals surface area contributed by atoms with Gasteiger partial charge in [0.2, 0.25) is 5.91 Å². The van der Waals surface area contributed by atoms with E-state index in [1.165, 1.54) is 28.3 Å². The number of benzene rings is 1. The lowest BCUT2D eigenvalue weighted by molar-refractivity contribution is -0.119. The predicted molar refractivity (Wildman–Crippen MR) is 78.5 cm³/mol. The number of fused-ring (bicyclic) bond motifs is 3. The van der Waals surface area contributed by atoms with E-state index < -0.39 is 0 Å². The number of carbonyl (C=O) groups is 2. The third kappa shape index (κ3) is 2.20. The maximum absolute atomic E-state index is 11.8. The van der Waals surface area contributed by atoms with E-state index in [-0.39, 0.29) is 11.8 Å². The van der Waals surface area contributed by atoms with Crippen LogP contribution in [0.1, 0.15) is 16.6 Å². The van der Waals surface area contributed by atoms with E-state index in [4.69, 9.17) is 0 Å². The van der Waals surface area contributed by atoms with Crippen LogP contribution < -0.4 is 10.9 Å². The number of hydrogen-bond acceptors (Lipinski definition) is 4. The summed E-state index contributed by atoms with van der Waals surface area (Å²) in [6, 6.07) is 9.99. The topological polar surface area (TPSA) is 58.2 Å². The van der Waals surface area contributed by atoms with Crippen molar-refractivity contribution in [3.05, 3.63) is 35.2 Å². The number of hydrazine groups is 1. The summed E-state index contributed by atoms with van der Waals surface area (Å²) in [6.07, 6.45) is 0. The summed E-state index contributed by atoms with van der Waals surface area (Å²) >= 11 is 3.11. The van der Waals surface area contributed by atoms with E-state index in [0.29, 0.717) is 4.88 Å². The molecule has 2 N–H and O–H groups in total. The molecule has 0 aliphatic heterocycles. The first kappa shape index (κ1) is 12.1. The molecule has 19 heavy (non-hydrogen) atoms. The maximum atomic E-state index is 11.8. The predicted octanol–water partition coefficient (Wildman–Crippen LogP) is 2.90. The fourth-order valence-corrected chi connectivity index (χ4v) is 4.24. The van der Waals surface area contributed by atoms with Gasteiger partial charge in [-0.3, -0.25) is 20.4 Å². The van der Waals surface area contributed by atoms with Gasteiger partial charge in [0.1, 0.15) is 0 Å². The molecule has 3 aromatic rings. The van der Waals surface area contributed by atoms with Crippen LogP contribution in [0.3, 0.4) is 0 Å². The van der Waals surface area contributed by atoms with E-state index in [2.05, 4.69) is 23.0 Å². The molecule has 0 radical (unpaired) electrons. The fraction of sp³-hybridized carbons (Fsp3) is 0.0769. The Hall–Kier alpha value is -1.92. The molecule has 0 saturated heterocycles. The SMILES string of the molecule is CC(=O)NNC(=O)c1cc2sc3ccccc3c2s1. The van der Waals surface area contributed by atoms with Crippen LogP contribution >= 0.6 is 22.7 Å². The molecule has 3 rings (SSSR count). The van der Waals surface area contributed by atoms with Crippen LogP contribution in [0, 0.1) is 0 Å². The van der Waals surface area contributed by atoms with Gasteiger partial charge in [-0.2, -0.15) is 0 Å². The quantitative estimate of drug-likeness (QED) is 0.677.